The van der Waals surface area contributed by atoms with Gasteiger partial charge in [-0.3, -0.25) is 9.59 Å². The van der Waals surface area contributed by atoms with E-state index in [9.17, 15) is 19.5 Å². The smallest absolute Gasteiger partial charge is 0.335 e. The van der Waals surface area contributed by atoms with Gasteiger partial charge in [0, 0.05) is 5.69 Å². The van der Waals surface area contributed by atoms with Crippen LogP contribution in [0.15, 0.2) is 83.5 Å². The number of anilines is 2. The van der Waals surface area contributed by atoms with Gasteiger partial charge >= 0.3 is 5.97 Å². The largest absolute Gasteiger partial charge is 0.490 e. The topological polar surface area (TPSA) is 118 Å². The van der Waals surface area contributed by atoms with Crippen LogP contribution >= 0.6 is 0 Å². The second-order valence-electron chi connectivity index (χ2n) is 8.06. The second kappa shape index (κ2) is 11.2. The zero-order valence-corrected chi connectivity index (χ0v) is 20.3. The summed E-state index contributed by atoms with van der Waals surface area (Å²) in [4.78, 5) is 36.7. The van der Waals surface area contributed by atoms with Crippen molar-refractivity contribution in [2.24, 2.45) is 5.10 Å². The Morgan fingerprint density at radius 2 is 1.78 bits per heavy atom. The maximum absolute atomic E-state index is 13.1. The third-order valence-electron chi connectivity index (χ3n) is 5.40. The zero-order chi connectivity index (χ0) is 26.4. The van der Waals surface area contributed by atoms with Gasteiger partial charge in [0.2, 0.25) is 0 Å². The highest BCUT2D eigenvalue weighted by Gasteiger charge is 2.29. The highest BCUT2D eigenvalue weighted by atomic mass is 16.5. The van der Waals surface area contributed by atoms with E-state index in [1.54, 1.807) is 55.5 Å². The summed E-state index contributed by atoms with van der Waals surface area (Å²) < 4.78 is 11.4. The van der Waals surface area contributed by atoms with Crippen molar-refractivity contribution >= 4 is 40.9 Å². The maximum Gasteiger partial charge on any atom is 0.335 e. The molecule has 1 heterocycles. The van der Waals surface area contributed by atoms with Crippen molar-refractivity contribution in [1.29, 1.82) is 0 Å². The minimum absolute atomic E-state index is 0.0602. The molecule has 0 saturated carbocycles. The number of carboxylic acid groups (broad SMARTS) is 1. The zero-order valence-electron chi connectivity index (χ0n) is 20.3. The molecule has 9 nitrogen and oxygen atoms in total. The number of hydrazone groups is 1. The molecule has 2 amide bonds. The molecule has 0 spiro atoms. The van der Waals surface area contributed by atoms with E-state index in [0.29, 0.717) is 46.3 Å². The number of aromatic carboxylic acids is 1. The predicted molar refractivity (Wildman–Crippen MR) is 140 cm³/mol. The van der Waals surface area contributed by atoms with Crippen molar-refractivity contribution in [3.05, 3.63) is 89.5 Å². The van der Waals surface area contributed by atoms with Crippen LogP contribution in [0.5, 0.6) is 11.5 Å². The summed E-state index contributed by atoms with van der Waals surface area (Å²) in [6.07, 6.45) is 1.68. The molecule has 3 aromatic carbocycles. The van der Waals surface area contributed by atoms with Gasteiger partial charge in [0.05, 0.1) is 29.1 Å². The molecule has 0 aliphatic carbocycles. The first-order valence-electron chi connectivity index (χ1n) is 11.6. The molecule has 9 heteroatoms. The first-order valence-corrected chi connectivity index (χ1v) is 11.6. The number of hydrogen-bond donors (Lipinski definition) is 2. The molecule has 188 valence electrons. The molecule has 0 fully saturated rings. The van der Waals surface area contributed by atoms with Crippen molar-refractivity contribution in [1.82, 2.24) is 0 Å². The summed E-state index contributed by atoms with van der Waals surface area (Å²) in [6, 6.07) is 20.2. The van der Waals surface area contributed by atoms with Crippen molar-refractivity contribution in [3.8, 4) is 11.5 Å². The van der Waals surface area contributed by atoms with E-state index in [1.807, 2.05) is 25.1 Å². The number of carboxylic acids is 1. The number of carbonyl (C=O) groups excluding carboxylic acids is 2. The first-order chi connectivity index (χ1) is 17.9. The molecule has 37 heavy (non-hydrogen) atoms. The number of amides is 2. The van der Waals surface area contributed by atoms with Gasteiger partial charge in [-0.25, -0.2) is 4.79 Å². The van der Waals surface area contributed by atoms with Gasteiger partial charge in [-0.2, -0.15) is 10.1 Å². The lowest BCUT2D eigenvalue weighted by Crippen LogP contribution is -2.21. The Morgan fingerprint density at radius 3 is 2.51 bits per heavy atom. The molecule has 1 aliphatic heterocycles. The maximum atomic E-state index is 13.1. The van der Waals surface area contributed by atoms with E-state index in [4.69, 9.17) is 9.47 Å². The van der Waals surface area contributed by atoms with Crippen LogP contribution in [0.2, 0.25) is 0 Å². The summed E-state index contributed by atoms with van der Waals surface area (Å²) in [5.74, 6) is -0.961. The van der Waals surface area contributed by atoms with Crippen LogP contribution in [-0.2, 0) is 9.59 Å². The van der Waals surface area contributed by atoms with Crippen LogP contribution in [0.25, 0.3) is 6.08 Å². The van der Waals surface area contributed by atoms with Gasteiger partial charge < -0.3 is 19.9 Å². The molecule has 4 rings (SSSR count). The lowest BCUT2D eigenvalue weighted by Gasteiger charge is -2.13. The average Bonchev–Trinajstić information content (AvgIpc) is 3.17. The monoisotopic (exact) mass is 499 g/mol. The van der Waals surface area contributed by atoms with Gasteiger partial charge in [-0.05, 0) is 68.0 Å². The molecular formula is C28H25N3O6. The number of benzene rings is 3. The minimum Gasteiger partial charge on any atom is -0.490 e. The van der Waals surface area contributed by atoms with E-state index in [0.717, 1.165) is 0 Å². The average molecular weight is 500 g/mol. The van der Waals surface area contributed by atoms with Crippen LogP contribution < -0.4 is 19.8 Å². The molecular weight excluding hydrogens is 474 g/mol. The van der Waals surface area contributed by atoms with Gasteiger partial charge in [-0.15, -0.1) is 0 Å². The molecule has 2 N–H and O–H groups in total. The summed E-state index contributed by atoms with van der Waals surface area (Å²) in [5, 5.41) is 17.5. The second-order valence-corrected chi connectivity index (χ2v) is 8.06. The minimum atomic E-state index is -1.09. The predicted octanol–water partition coefficient (Wildman–Crippen LogP) is 4.61. The van der Waals surface area contributed by atoms with E-state index in [-0.39, 0.29) is 24.0 Å². The van der Waals surface area contributed by atoms with Crippen LogP contribution in [0, 0.1) is 0 Å². The van der Waals surface area contributed by atoms with Crippen molar-refractivity contribution in [2.75, 3.05) is 23.5 Å². The summed E-state index contributed by atoms with van der Waals surface area (Å²) in [6.45, 7) is 3.71. The number of nitrogens with one attached hydrogen (secondary N) is 1. The Morgan fingerprint density at radius 1 is 1.00 bits per heavy atom. The lowest BCUT2D eigenvalue weighted by atomic mass is 10.1. The van der Waals surface area contributed by atoms with Gasteiger partial charge in [0.15, 0.2) is 18.1 Å². The summed E-state index contributed by atoms with van der Waals surface area (Å²) in [7, 11) is 0. The van der Waals surface area contributed by atoms with Crippen LogP contribution in [0.1, 0.15) is 29.8 Å². The fourth-order valence-electron chi connectivity index (χ4n) is 3.66. The molecule has 0 bridgehead atoms. The van der Waals surface area contributed by atoms with Gasteiger partial charge in [-0.1, -0.05) is 30.3 Å². The molecule has 0 saturated heterocycles. The van der Waals surface area contributed by atoms with E-state index in [2.05, 4.69) is 10.4 Å². The Hall–Kier alpha value is -4.92. The van der Waals surface area contributed by atoms with Crippen molar-refractivity contribution < 1.29 is 29.0 Å². The quantitative estimate of drug-likeness (QED) is 0.415. The molecule has 1 aliphatic rings. The Bertz CT molecular complexity index is 1400. The van der Waals surface area contributed by atoms with E-state index in [1.165, 1.54) is 17.1 Å². The van der Waals surface area contributed by atoms with Crippen LogP contribution in [0.3, 0.4) is 0 Å². The Balaban J connectivity index is 1.50. The standard InChI is InChI=1S/C28H25N3O6/c1-3-36-25-15-19(12-13-24(25)37-17-26(32)29-21-9-5-4-6-10-21)14-23-18(2)30-31(27(23)33)22-11-7-8-20(16-22)28(34)35/h4-16H,3,17H2,1-2H3,(H,29,32)(H,34,35). The number of para-hydroxylation sites is 1. The number of hydrogen-bond acceptors (Lipinski definition) is 6. The molecule has 3 aromatic rings. The van der Waals surface area contributed by atoms with Crippen molar-refractivity contribution in [2.45, 2.75) is 13.8 Å². The fraction of sp³-hybridized carbons (Fsp3) is 0.143. The fourth-order valence-corrected chi connectivity index (χ4v) is 3.66. The highest BCUT2D eigenvalue weighted by molar-refractivity contribution is 6.32. The normalized spacial score (nSPS) is 13.9. The lowest BCUT2D eigenvalue weighted by molar-refractivity contribution is -0.118. The molecule has 0 radical (unpaired) electrons. The van der Waals surface area contributed by atoms with E-state index >= 15 is 0 Å². The highest BCUT2D eigenvalue weighted by Crippen LogP contribution is 2.31. The van der Waals surface area contributed by atoms with Crippen molar-refractivity contribution in [3.63, 3.8) is 0 Å². The van der Waals surface area contributed by atoms with Crippen LogP contribution in [-0.4, -0.2) is 41.8 Å². The molecule has 0 aromatic heterocycles. The number of ether oxygens (including phenoxy) is 2. The number of carbonyl (C=O) groups is 3. The van der Waals surface area contributed by atoms with Gasteiger partial charge in [0.25, 0.3) is 11.8 Å². The van der Waals surface area contributed by atoms with E-state index < -0.39 is 5.97 Å². The molecule has 0 atom stereocenters. The summed E-state index contributed by atoms with van der Waals surface area (Å²) in [5.41, 5.74) is 2.61. The first kappa shape index (κ1) is 25.2. The number of rotatable bonds is 9. The third kappa shape index (κ3) is 6.02. The Labute approximate surface area is 213 Å². The van der Waals surface area contributed by atoms with Crippen LogP contribution in [0.4, 0.5) is 11.4 Å². The Kier molecular flexibility index (Phi) is 7.63. The molecule has 0 unspecified atom stereocenters. The van der Waals surface area contributed by atoms with Gasteiger partial charge in [0.1, 0.15) is 0 Å². The third-order valence-corrected chi connectivity index (χ3v) is 5.40. The number of nitrogens with zero attached hydrogens (tertiary/aromatic N) is 2. The summed E-state index contributed by atoms with van der Waals surface area (Å²) >= 11 is 0. The SMILES string of the molecule is CCOc1cc(C=C2C(=O)N(c3cccc(C(=O)O)c3)N=C2C)ccc1OCC(=O)Nc1ccccc1.